The van der Waals surface area contributed by atoms with Crippen LogP contribution in [0.1, 0.15) is 36.7 Å². The van der Waals surface area contributed by atoms with Crippen molar-refractivity contribution in [3.8, 4) is 16.9 Å². The van der Waals surface area contributed by atoms with Crippen LogP contribution in [0.4, 0.5) is 5.95 Å². The number of methoxy groups -OCH3 is 1. The van der Waals surface area contributed by atoms with Crippen molar-refractivity contribution in [1.29, 1.82) is 0 Å². The molecule has 3 heterocycles. The predicted octanol–water partition coefficient (Wildman–Crippen LogP) is 3.52. The van der Waals surface area contributed by atoms with Gasteiger partial charge in [0, 0.05) is 70.2 Å². The lowest BCUT2D eigenvalue weighted by molar-refractivity contribution is -0.132. The van der Waals surface area contributed by atoms with Crippen LogP contribution < -0.4 is 9.64 Å². The molecule has 1 atom stereocenters. The number of ether oxygens (including phenoxy) is 1. The van der Waals surface area contributed by atoms with Crippen LogP contribution >= 0.6 is 0 Å². The zero-order chi connectivity index (χ0) is 23.4. The lowest BCUT2D eigenvalue weighted by Gasteiger charge is -2.33. The number of aryl methyl sites for hydroxylation is 2. The van der Waals surface area contributed by atoms with E-state index in [1.54, 1.807) is 13.3 Å². The lowest BCUT2D eigenvalue weighted by Crippen LogP contribution is -2.39. The van der Waals surface area contributed by atoms with E-state index in [9.17, 15) is 4.79 Å². The van der Waals surface area contributed by atoms with E-state index in [2.05, 4.69) is 16.0 Å². The van der Waals surface area contributed by atoms with Crippen molar-refractivity contribution in [2.75, 3.05) is 39.2 Å². The second-order valence-corrected chi connectivity index (χ2v) is 8.69. The van der Waals surface area contributed by atoms with Crippen molar-refractivity contribution < 1.29 is 9.53 Å². The minimum absolute atomic E-state index is 0.153. The Balaban J connectivity index is 1.58. The number of carbonyl (C=O) groups is 1. The molecule has 0 saturated carbocycles. The molecule has 0 unspecified atom stereocenters. The Labute approximate surface area is 195 Å². The molecule has 1 aliphatic rings. The maximum Gasteiger partial charge on any atom is 0.225 e. The molecule has 1 aromatic carbocycles. The Morgan fingerprint density at radius 2 is 2.12 bits per heavy atom. The van der Waals surface area contributed by atoms with Crippen LogP contribution in [0.25, 0.3) is 11.1 Å². The van der Waals surface area contributed by atoms with Gasteiger partial charge in [-0.25, -0.2) is 15.0 Å². The SMILES string of the molecule is COc1cccc(-c2cnc(N(C)C)nc2[C@H]2CCCN(C(=O)CCn3ccnc3C)C2)c1. The summed E-state index contributed by atoms with van der Waals surface area (Å²) >= 11 is 0. The number of hydrogen-bond donors (Lipinski definition) is 0. The van der Waals surface area contributed by atoms with Crippen LogP contribution in [-0.4, -0.2) is 64.6 Å². The number of likely N-dealkylation sites (tertiary alicyclic amines) is 1. The highest BCUT2D eigenvalue weighted by Gasteiger charge is 2.28. The van der Waals surface area contributed by atoms with Crippen molar-refractivity contribution in [1.82, 2.24) is 24.4 Å². The van der Waals surface area contributed by atoms with Gasteiger partial charge in [-0.3, -0.25) is 4.79 Å². The molecule has 1 amide bonds. The Morgan fingerprint density at radius 1 is 1.27 bits per heavy atom. The third kappa shape index (κ3) is 5.16. The average molecular weight is 449 g/mol. The summed E-state index contributed by atoms with van der Waals surface area (Å²) in [6, 6.07) is 7.98. The van der Waals surface area contributed by atoms with E-state index in [1.165, 1.54) is 0 Å². The first-order valence-electron chi connectivity index (χ1n) is 11.4. The largest absolute Gasteiger partial charge is 0.497 e. The van der Waals surface area contributed by atoms with Gasteiger partial charge in [-0.2, -0.15) is 0 Å². The number of benzene rings is 1. The molecule has 33 heavy (non-hydrogen) atoms. The van der Waals surface area contributed by atoms with Crippen LogP contribution in [0.2, 0.25) is 0 Å². The van der Waals surface area contributed by atoms with Crippen LogP contribution in [0.5, 0.6) is 5.75 Å². The molecule has 0 spiro atoms. The number of amides is 1. The minimum atomic E-state index is 0.153. The third-order valence-corrected chi connectivity index (χ3v) is 6.24. The predicted molar refractivity (Wildman–Crippen MR) is 128 cm³/mol. The van der Waals surface area contributed by atoms with Gasteiger partial charge < -0.3 is 19.1 Å². The molecule has 3 aromatic rings. The fraction of sp³-hybridized carbons (Fsp3) is 0.440. The van der Waals surface area contributed by atoms with E-state index in [0.29, 0.717) is 25.5 Å². The highest BCUT2D eigenvalue weighted by Crippen LogP contribution is 2.35. The van der Waals surface area contributed by atoms with Crippen molar-refractivity contribution in [3.63, 3.8) is 0 Å². The topological polar surface area (TPSA) is 76.4 Å². The summed E-state index contributed by atoms with van der Waals surface area (Å²) in [4.78, 5) is 30.7. The number of rotatable bonds is 7. The van der Waals surface area contributed by atoms with Gasteiger partial charge in [-0.1, -0.05) is 12.1 Å². The van der Waals surface area contributed by atoms with Gasteiger partial charge in [0.2, 0.25) is 11.9 Å². The standard InChI is InChI=1S/C25H32N6O2/c1-18-26-11-14-30(18)13-10-23(32)31-12-6-8-20(17-31)24-22(16-27-25(28-24)29(2)3)19-7-5-9-21(15-19)33-4/h5,7,9,11,14-16,20H,6,8,10,12-13,17H2,1-4H3/t20-/m0/s1. The summed E-state index contributed by atoms with van der Waals surface area (Å²) in [7, 11) is 5.56. The molecule has 8 heteroatoms. The summed E-state index contributed by atoms with van der Waals surface area (Å²) in [5.74, 6) is 2.73. The number of carbonyl (C=O) groups excluding carboxylic acids is 1. The molecule has 0 N–H and O–H groups in total. The first kappa shape index (κ1) is 22.8. The third-order valence-electron chi connectivity index (χ3n) is 6.24. The quantitative estimate of drug-likeness (QED) is 0.551. The van der Waals surface area contributed by atoms with Crippen molar-refractivity contribution in [2.45, 2.75) is 38.6 Å². The highest BCUT2D eigenvalue weighted by molar-refractivity contribution is 5.76. The molecule has 1 aliphatic heterocycles. The molecule has 174 valence electrons. The Hall–Kier alpha value is -3.42. The summed E-state index contributed by atoms with van der Waals surface area (Å²) < 4.78 is 7.45. The van der Waals surface area contributed by atoms with Gasteiger partial charge in [0.05, 0.1) is 12.8 Å². The van der Waals surface area contributed by atoms with E-state index in [4.69, 9.17) is 9.72 Å². The van der Waals surface area contributed by atoms with Gasteiger partial charge in [0.15, 0.2) is 0 Å². The number of imidazole rings is 1. The van der Waals surface area contributed by atoms with E-state index in [0.717, 1.165) is 47.8 Å². The van der Waals surface area contributed by atoms with Gasteiger partial charge in [-0.05, 0) is 37.5 Å². The summed E-state index contributed by atoms with van der Waals surface area (Å²) in [6.07, 6.45) is 8.01. The zero-order valence-electron chi connectivity index (χ0n) is 19.9. The van der Waals surface area contributed by atoms with E-state index < -0.39 is 0 Å². The number of piperidine rings is 1. The highest BCUT2D eigenvalue weighted by atomic mass is 16.5. The number of hydrogen-bond acceptors (Lipinski definition) is 6. The monoisotopic (exact) mass is 448 g/mol. The molecular formula is C25H32N6O2. The Bertz CT molecular complexity index is 1110. The second kappa shape index (κ2) is 10.0. The maximum atomic E-state index is 13.0. The molecule has 0 aliphatic carbocycles. The Kier molecular flexibility index (Phi) is 6.91. The summed E-state index contributed by atoms with van der Waals surface area (Å²) in [5.41, 5.74) is 3.01. The molecule has 2 aromatic heterocycles. The molecular weight excluding hydrogens is 416 g/mol. The molecule has 8 nitrogen and oxygen atoms in total. The van der Waals surface area contributed by atoms with Gasteiger partial charge >= 0.3 is 0 Å². The van der Waals surface area contributed by atoms with E-state index in [1.807, 2.05) is 66.0 Å². The molecule has 1 fully saturated rings. The van der Waals surface area contributed by atoms with E-state index in [-0.39, 0.29) is 11.8 Å². The van der Waals surface area contributed by atoms with Crippen molar-refractivity contribution in [3.05, 3.63) is 54.4 Å². The van der Waals surface area contributed by atoms with Gasteiger partial charge in [0.25, 0.3) is 0 Å². The smallest absolute Gasteiger partial charge is 0.225 e. The van der Waals surface area contributed by atoms with Crippen LogP contribution in [0.3, 0.4) is 0 Å². The zero-order valence-corrected chi connectivity index (χ0v) is 19.9. The van der Waals surface area contributed by atoms with Crippen LogP contribution in [0.15, 0.2) is 42.9 Å². The van der Waals surface area contributed by atoms with Crippen LogP contribution in [0, 0.1) is 6.92 Å². The first-order chi connectivity index (χ1) is 16.0. The second-order valence-electron chi connectivity index (χ2n) is 8.69. The maximum absolute atomic E-state index is 13.0. The average Bonchev–Trinajstić information content (AvgIpc) is 3.26. The number of nitrogens with zero attached hydrogens (tertiary/aromatic N) is 6. The molecule has 0 bridgehead atoms. The number of anilines is 1. The fourth-order valence-corrected chi connectivity index (χ4v) is 4.37. The van der Waals surface area contributed by atoms with Gasteiger partial charge in [-0.15, -0.1) is 0 Å². The van der Waals surface area contributed by atoms with E-state index >= 15 is 0 Å². The number of aromatic nitrogens is 4. The first-order valence-corrected chi connectivity index (χ1v) is 11.4. The summed E-state index contributed by atoms with van der Waals surface area (Å²) in [6.45, 7) is 4.07. The summed E-state index contributed by atoms with van der Waals surface area (Å²) in [5, 5.41) is 0. The Morgan fingerprint density at radius 3 is 2.85 bits per heavy atom. The van der Waals surface area contributed by atoms with Gasteiger partial charge in [0.1, 0.15) is 11.6 Å². The molecule has 0 radical (unpaired) electrons. The van der Waals surface area contributed by atoms with Crippen molar-refractivity contribution >= 4 is 11.9 Å². The minimum Gasteiger partial charge on any atom is -0.497 e. The fourth-order valence-electron chi connectivity index (χ4n) is 4.37. The normalized spacial score (nSPS) is 16.0. The lowest BCUT2D eigenvalue weighted by atomic mass is 9.89. The molecule has 4 rings (SSSR count). The molecule has 1 saturated heterocycles. The van der Waals surface area contributed by atoms with Crippen molar-refractivity contribution in [2.24, 2.45) is 0 Å². The van der Waals surface area contributed by atoms with Crippen LogP contribution in [-0.2, 0) is 11.3 Å².